The summed E-state index contributed by atoms with van der Waals surface area (Å²) in [7, 11) is 0. The minimum atomic E-state index is -0.399. The van der Waals surface area contributed by atoms with Gasteiger partial charge < -0.3 is 44.4 Å². The van der Waals surface area contributed by atoms with Gasteiger partial charge in [-0.3, -0.25) is 9.59 Å². The highest BCUT2D eigenvalue weighted by atomic mass is 16.6. The summed E-state index contributed by atoms with van der Waals surface area (Å²) < 4.78 is 32.6. The number of carbonyl (C=O) groups is 2. The molecule has 220 valence electrons. The minimum Gasteiger partial charge on any atom is -0.379 e. The van der Waals surface area contributed by atoms with Crippen molar-refractivity contribution >= 4 is 11.8 Å². The minimum absolute atomic E-state index is 0.000489. The molecule has 37 heavy (non-hydrogen) atoms. The molecular weight excluding hydrogens is 482 g/mol. The standard InChI is InChI=1S/C26H53N3O8/c1-25(2,3)24(31)28-9-13-34-17-16-33-12-8-27-23(30)7-11-32-15-19-36-21-22-37-20-18-35-14-10-29-26(4,5)6/h29H,7-22H2,1-6H3,(H,27,30)(H,28,31). The maximum absolute atomic E-state index is 11.8. The Bertz CT molecular complexity index is 565. The van der Waals surface area contributed by atoms with Gasteiger partial charge in [-0.25, -0.2) is 0 Å². The number of amides is 2. The van der Waals surface area contributed by atoms with Crippen molar-refractivity contribution in [3.63, 3.8) is 0 Å². The van der Waals surface area contributed by atoms with Gasteiger partial charge in [-0.05, 0) is 20.8 Å². The molecule has 0 saturated heterocycles. The predicted molar refractivity (Wildman–Crippen MR) is 143 cm³/mol. The van der Waals surface area contributed by atoms with E-state index in [1.165, 1.54) is 0 Å². The number of rotatable bonds is 24. The van der Waals surface area contributed by atoms with Crippen LogP contribution in [0.5, 0.6) is 0 Å². The lowest BCUT2D eigenvalue weighted by molar-refractivity contribution is -0.128. The molecule has 11 heteroatoms. The van der Waals surface area contributed by atoms with Gasteiger partial charge in [0.1, 0.15) is 0 Å². The third-order valence-electron chi connectivity index (χ3n) is 4.64. The second-order valence-corrected chi connectivity index (χ2v) is 10.5. The Hall–Kier alpha value is -1.34. The van der Waals surface area contributed by atoms with Gasteiger partial charge in [-0.1, -0.05) is 20.8 Å². The van der Waals surface area contributed by atoms with Crippen LogP contribution in [0.4, 0.5) is 0 Å². The fourth-order valence-electron chi connectivity index (χ4n) is 2.60. The Morgan fingerprint density at radius 1 is 0.514 bits per heavy atom. The molecule has 0 atom stereocenters. The zero-order valence-corrected chi connectivity index (χ0v) is 24.1. The highest BCUT2D eigenvalue weighted by Gasteiger charge is 2.20. The molecule has 2 amide bonds. The van der Waals surface area contributed by atoms with Gasteiger partial charge in [-0.2, -0.15) is 0 Å². The van der Waals surface area contributed by atoms with Gasteiger partial charge in [0.15, 0.2) is 0 Å². The summed E-state index contributed by atoms with van der Waals surface area (Å²) in [5.41, 5.74) is -0.292. The maximum atomic E-state index is 11.8. The van der Waals surface area contributed by atoms with E-state index in [1.54, 1.807) is 0 Å². The first-order valence-corrected chi connectivity index (χ1v) is 13.3. The van der Waals surface area contributed by atoms with Crippen LogP contribution in [0.3, 0.4) is 0 Å². The fourth-order valence-corrected chi connectivity index (χ4v) is 2.60. The van der Waals surface area contributed by atoms with Crippen LogP contribution in [0.2, 0.25) is 0 Å². The van der Waals surface area contributed by atoms with Crippen LogP contribution in [-0.4, -0.2) is 116 Å². The maximum Gasteiger partial charge on any atom is 0.225 e. The van der Waals surface area contributed by atoms with Gasteiger partial charge in [0.05, 0.1) is 79.3 Å². The second kappa shape index (κ2) is 22.6. The van der Waals surface area contributed by atoms with E-state index in [-0.39, 0.29) is 23.8 Å². The van der Waals surface area contributed by atoms with Crippen LogP contribution in [0.1, 0.15) is 48.0 Å². The molecule has 0 bridgehead atoms. The van der Waals surface area contributed by atoms with Gasteiger partial charge in [0.2, 0.25) is 11.8 Å². The van der Waals surface area contributed by atoms with E-state index in [0.717, 1.165) is 6.54 Å². The summed E-state index contributed by atoms with van der Waals surface area (Å²) in [5, 5.41) is 8.95. The highest BCUT2D eigenvalue weighted by Crippen LogP contribution is 2.11. The van der Waals surface area contributed by atoms with E-state index in [4.69, 9.17) is 28.4 Å². The Kier molecular flexibility index (Phi) is 21.8. The first kappa shape index (κ1) is 35.7. The monoisotopic (exact) mass is 535 g/mol. The average molecular weight is 536 g/mol. The molecule has 0 heterocycles. The summed E-state index contributed by atoms with van der Waals surface area (Å²) in [6.45, 7) is 19.4. The highest BCUT2D eigenvalue weighted by molar-refractivity contribution is 5.81. The van der Waals surface area contributed by atoms with Gasteiger partial charge in [-0.15, -0.1) is 0 Å². The smallest absolute Gasteiger partial charge is 0.225 e. The molecule has 0 aliphatic carbocycles. The van der Waals surface area contributed by atoms with Crippen LogP contribution < -0.4 is 16.0 Å². The Labute approximate surface area is 224 Å². The largest absolute Gasteiger partial charge is 0.379 e. The van der Waals surface area contributed by atoms with E-state index in [0.29, 0.717) is 92.4 Å². The van der Waals surface area contributed by atoms with E-state index in [9.17, 15) is 9.59 Å². The van der Waals surface area contributed by atoms with Gasteiger partial charge in [0.25, 0.3) is 0 Å². The SMILES string of the molecule is CC(C)(C)NCCOCCOCCOCCOCCC(=O)NCCOCCOCCNC(=O)C(C)(C)C. The van der Waals surface area contributed by atoms with Crippen LogP contribution in [0.15, 0.2) is 0 Å². The first-order valence-electron chi connectivity index (χ1n) is 13.3. The summed E-state index contributed by atoms with van der Waals surface area (Å²) in [6.07, 6.45) is 0.289. The van der Waals surface area contributed by atoms with Gasteiger partial charge >= 0.3 is 0 Å². The summed E-state index contributed by atoms with van der Waals surface area (Å²) in [6, 6.07) is 0. The molecule has 0 rings (SSSR count). The van der Waals surface area contributed by atoms with Crippen LogP contribution in [0, 0.1) is 5.41 Å². The van der Waals surface area contributed by atoms with Crippen molar-refractivity contribution in [1.82, 2.24) is 16.0 Å². The Morgan fingerprint density at radius 2 is 0.892 bits per heavy atom. The second-order valence-electron chi connectivity index (χ2n) is 10.5. The lowest BCUT2D eigenvalue weighted by Gasteiger charge is -2.20. The molecule has 0 spiro atoms. The van der Waals surface area contributed by atoms with Crippen LogP contribution >= 0.6 is 0 Å². The van der Waals surface area contributed by atoms with Gasteiger partial charge in [0, 0.05) is 37.0 Å². The molecule has 3 N–H and O–H groups in total. The molecule has 11 nitrogen and oxygen atoms in total. The van der Waals surface area contributed by atoms with Crippen LogP contribution in [0.25, 0.3) is 0 Å². The number of hydrogen-bond donors (Lipinski definition) is 3. The Morgan fingerprint density at radius 3 is 1.32 bits per heavy atom. The molecular formula is C26H53N3O8. The third kappa shape index (κ3) is 27.5. The molecule has 0 aliphatic rings. The van der Waals surface area contributed by atoms with E-state index < -0.39 is 5.41 Å². The van der Waals surface area contributed by atoms with E-state index in [2.05, 4.69) is 36.7 Å². The molecule has 0 saturated carbocycles. The number of ether oxygens (including phenoxy) is 6. The molecule has 0 aromatic rings. The van der Waals surface area contributed by atoms with Crippen molar-refractivity contribution in [2.24, 2.45) is 5.41 Å². The molecule has 0 unspecified atom stereocenters. The third-order valence-corrected chi connectivity index (χ3v) is 4.64. The predicted octanol–water partition coefficient (Wildman–Crippen LogP) is 1.14. The van der Waals surface area contributed by atoms with Crippen molar-refractivity contribution in [1.29, 1.82) is 0 Å². The Balaban J connectivity index is 3.26. The first-order chi connectivity index (χ1) is 17.5. The topological polar surface area (TPSA) is 126 Å². The van der Waals surface area contributed by atoms with E-state index in [1.807, 2.05) is 20.8 Å². The molecule has 0 aromatic carbocycles. The molecule has 0 fully saturated rings. The fraction of sp³-hybridized carbons (Fsp3) is 0.923. The van der Waals surface area contributed by atoms with Crippen molar-refractivity contribution in [3.8, 4) is 0 Å². The zero-order chi connectivity index (χ0) is 27.8. The molecule has 0 aliphatic heterocycles. The number of carbonyl (C=O) groups excluding carboxylic acids is 2. The van der Waals surface area contributed by atoms with Crippen molar-refractivity contribution < 1.29 is 38.0 Å². The van der Waals surface area contributed by atoms with Crippen molar-refractivity contribution in [3.05, 3.63) is 0 Å². The quantitative estimate of drug-likeness (QED) is 0.156. The molecule has 0 aromatic heterocycles. The number of hydrogen-bond acceptors (Lipinski definition) is 9. The average Bonchev–Trinajstić information content (AvgIpc) is 2.81. The number of nitrogens with one attached hydrogen (secondary N) is 3. The lowest BCUT2D eigenvalue weighted by atomic mass is 9.96. The normalized spacial score (nSPS) is 12.1. The summed E-state index contributed by atoms with van der Waals surface area (Å²) in [4.78, 5) is 23.5. The van der Waals surface area contributed by atoms with E-state index >= 15 is 0 Å². The lowest BCUT2D eigenvalue weighted by Crippen LogP contribution is -2.38. The van der Waals surface area contributed by atoms with Crippen LogP contribution in [-0.2, 0) is 38.0 Å². The zero-order valence-electron chi connectivity index (χ0n) is 24.1. The molecule has 0 radical (unpaired) electrons. The summed E-state index contributed by atoms with van der Waals surface area (Å²) >= 11 is 0. The van der Waals surface area contributed by atoms with Crippen molar-refractivity contribution in [2.75, 3.05) is 98.9 Å². The summed E-state index contributed by atoms with van der Waals surface area (Å²) in [5.74, 6) is -0.0827. The van der Waals surface area contributed by atoms with Crippen molar-refractivity contribution in [2.45, 2.75) is 53.5 Å².